The van der Waals surface area contributed by atoms with Gasteiger partial charge in [0, 0.05) is 0 Å². The van der Waals surface area contributed by atoms with Gasteiger partial charge in [-0.3, -0.25) is 0 Å². The van der Waals surface area contributed by atoms with Gasteiger partial charge in [0.2, 0.25) is 0 Å². The van der Waals surface area contributed by atoms with E-state index in [9.17, 15) is 0 Å². The van der Waals surface area contributed by atoms with Crippen LogP contribution in [-0.2, 0) is 0 Å². The maximum Gasteiger partial charge on any atom is 0.0599 e. The highest BCUT2D eigenvalue weighted by atomic mass is 16.4. The van der Waals surface area contributed by atoms with Crippen molar-refractivity contribution in [2.45, 2.75) is 53.9 Å². The summed E-state index contributed by atoms with van der Waals surface area (Å²) in [4.78, 5) is 0. The monoisotopic (exact) mass is 211 g/mol. The van der Waals surface area contributed by atoms with Crippen molar-refractivity contribution in [2.24, 2.45) is 28.3 Å². The van der Waals surface area contributed by atoms with Crippen molar-refractivity contribution in [3.63, 3.8) is 0 Å². The van der Waals surface area contributed by atoms with Gasteiger partial charge in [0.05, 0.1) is 5.71 Å². The van der Waals surface area contributed by atoms with Crippen molar-refractivity contribution in [2.75, 3.05) is 0 Å². The lowest BCUT2D eigenvalue weighted by Crippen LogP contribution is -2.35. The summed E-state index contributed by atoms with van der Waals surface area (Å²) in [5.41, 5.74) is 1.39. The van der Waals surface area contributed by atoms with Crippen molar-refractivity contribution < 1.29 is 5.21 Å². The van der Waals surface area contributed by atoms with Crippen molar-refractivity contribution in [1.82, 2.24) is 0 Å². The van der Waals surface area contributed by atoms with Crippen molar-refractivity contribution >= 4 is 5.71 Å². The highest BCUT2D eigenvalue weighted by molar-refractivity contribution is 5.86. The number of rotatable bonds is 2. The molecule has 0 aromatic heterocycles. The maximum absolute atomic E-state index is 8.85. The molecule has 1 saturated carbocycles. The second-order valence-corrected chi connectivity index (χ2v) is 5.94. The molecule has 0 amide bonds. The van der Waals surface area contributed by atoms with Crippen LogP contribution >= 0.6 is 0 Å². The summed E-state index contributed by atoms with van der Waals surface area (Å²) in [5, 5.41) is 12.3. The van der Waals surface area contributed by atoms with Crippen LogP contribution in [0.15, 0.2) is 5.16 Å². The Labute approximate surface area is 93.8 Å². The zero-order valence-electron chi connectivity index (χ0n) is 10.7. The van der Waals surface area contributed by atoms with Crippen LogP contribution < -0.4 is 0 Å². The third-order valence-corrected chi connectivity index (χ3v) is 4.62. The van der Waals surface area contributed by atoms with Crippen LogP contribution in [0.25, 0.3) is 0 Å². The fraction of sp³-hybridized carbons (Fsp3) is 0.923. The van der Waals surface area contributed by atoms with Gasteiger partial charge in [-0.15, -0.1) is 0 Å². The molecule has 2 heteroatoms. The Morgan fingerprint density at radius 3 is 2.40 bits per heavy atom. The Bertz CT molecular complexity index is 243. The van der Waals surface area contributed by atoms with Crippen LogP contribution in [0.3, 0.4) is 0 Å². The predicted molar refractivity (Wildman–Crippen MR) is 64.3 cm³/mol. The first-order chi connectivity index (χ1) is 6.89. The van der Waals surface area contributed by atoms with Gasteiger partial charge < -0.3 is 5.21 Å². The summed E-state index contributed by atoms with van der Waals surface area (Å²) in [6, 6.07) is 0. The lowest BCUT2D eigenvalue weighted by Gasteiger charge is -2.42. The largest absolute Gasteiger partial charge is 0.411 e. The average Bonchev–Trinajstić information content (AvgIpc) is 2.17. The number of hydrogen-bond donors (Lipinski definition) is 1. The molecule has 1 aliphatic carbocycles. The van der Waals surface area contributed by atoms with Crippen LogP contribution in [0.1, 0.15) is 53.9 Å². The summed E-state index contributed by atoms with van der Waals surface area (Å²) in [6.07, 6.45) is 3.32. The Morgan fingerprint density at radius 2 is 2.00 bits per heavy atom. The summed E-state index contributed by atoms with van der Waals surface area (Å²) < 4.78 is 0. The van der Waals surface area contributed by atoms with Crippen LogP contribution in [0, 0.1) is 23.2 Å². The van der Waals surface area contributed by atoms with Crippen molar-refractivity contribution in [1.29, 1.82) is 0 Å². The van der Waals surface area contributed by atoms with Gasteiger partial charge in [-0.1, -0.05) is 39.8 Å². The summed E-state index contributed by atoms with van der Waals surface area (Å²) in [5.74, 6) is 1.92. The predicted octanol–water partition coefficient (Wildman–Crippen LogP) is 3.94. The molecule has 15 heavy (non-hydrogen) atoms. The molecular weight excluding hydrogens is 186 g/mol. The first kappa shape index (κ1) is 12.5. The molecule has 1 fully saturated rings. The minimum Gasteiger partial charge on any atom is -0.411 e. The summed E-state index contributed by atoms with van der Waals surface area (Å²) >= 11 is 0. The number of hydrogen-bond acceptors (Lipinski definition) is 2. The van der Waals surface area contributed by atoms with Crippen LogP contribution in [0.5, 0.6) is 0 Å². The van der Waals surface area contributed by atoms with E-state index in [1.807, 2.05) is 0 Å². The summed E-state index contributed by atoms with van der Waals surface area (Å²) in [6.45, 7) is 11.5. The van der Waals surface area contributed by atoms with Gasteiger partial charge in [0.1, 0.15) is 0 Å². The Kier molecular flexibility index (Phi) is 3.80. The molecule has 0 saturated heterocycles. The SMILES string of the molecule is CC(C)C(C)(C)[C@H]1CC/C(=N\O)[C@@H](C)C1. The van der Waals surface area contributed by atoms with E-state index >= 15 is 0 Å². The lowest BCUT2D eigenvalue weighted by molar-refractivity contribution is 0.107. The number of nitrogens with zero attached hydrogens (tertiary/aromatic N) is 1. The Balaban J connectivity index is 2.69. The van der Waals surface area contributed by atoms with Gasteiger partial charge in [-0.05, 0) is 42.4 Å². The highest BCUT2D eigenvalue weighted by Gasteiger charge is 2.36. The second kappa shape index (κ2) is 4.54. The van der Waals surface area contributed by atoms with E-state index < -0.39 is 0 Å². The molecule has 0 spiro atoms. The maximum atomic E-state index is 8.85. The lowest BCUT2D eigenvalue weighted by atomic mass is 9.63. The van der Waals surface area contributed by atoms with Gasteiger partial charge in [0.25, 0.3) is 0 Å². The van der Waals surface area contributed by atoms with Gasteiger partial charge in [-0.2, -0.15) is 0 Å². The van der Waals surface area contributed by atoms with Crippen molar-refractivity contribution in [3.05, 3.63) is 0 Å². The molecule has 0 bridgehead atoms. The van der Waals surface area contributed by atoms with E-state index in [-0.39, 0.29) is 0 Å². The topological polar surface area (TPSA) is 32.6 Å². The Hall–Kier alpha value is -0.530. The molecule has 2 nitrogen and oxygen atoms in total. The van der Waals surface area contributed by atoms with Crippen LogP contribution in [0.2, 0.25) is 0 Å². The summed E-state index contributed by atoms with van der Waals surface area (Å²) in [7, 11) is 0. The smallest absolute Gasteiger partial charge is 0.0599 e. The third kappa shape index (κ3) is 2.53. The van der Waals surface area contributed by atoms with E-state index in [0.717, 1.165) is 18.1 Å². The van der Waals surface area contributed by atoms with E-state index in [1.165, 1.54) is 12.8 Å². The first-order valence-corrected chi connectivity index (χ1v) is 6.10. The fourth-order valence-electron chi connectivity index (χ4n) is 2.54. The van der Waals surface area contributed by atoms with E-state index in [4.69, 9.17) is 5.21 Å². The van der Waals surface area contributed by atoms with Gasteiger partial charge in [0.15, 0.2) is 0 Å². The molecule has 1 N–H and O–H groups in total. The van der Waals surface area contributed by atoms with Crippen LogP contribution in [-0.4, -0.2) is 10.9 Å². The number of oxime groups is 1. The molecule has 88 valence electrons. The van der Waals surface area contributed by atoms with Gasteiger partial charge >= 0.3 is 0 Å². The molecule has 2 atom stereocenters. The second-order valence-electron chi connectivity index (χ2n) is 5.94. The third-order valence-electron chi connectivity index (χ3n) is 4.62. The standard InChI is InChI=1S/C13H25NO/c1-9(2)13(4,5)11-6-7-12(14-15)10(3)8-11/h9-11,15H,6-8H2,1-5H3/b14-12+/t10-,11-/m0/s1. The fourth-order valence-corrected chi connectivity index (χ4v) is 2.54. The van der Waals surface area contributed by atoms with E-state index in [1.54, 1.807) is 0 Å². The molecule has 1 aliphatic rings. The molecule has 0 aromatic rings. The molecule has 0 aliphatic heterocycles. The average molecular weight is 211 g/mol. The minimum absolute atomic E-state index is 0.398. The normalized spacial score (nSPS) is 31.2. The van der Waals surface area contributed by atoms with Crippen molar-refractivity contribution in [3.8, 4) is 0 Å². The molecular formula is C13H25NO. The van der Waals surface area contributed by atoms with Gasteiger partial charge in [-0.25, -0.2) is 0 Å². The zero-order chi connectivity index (χ0) is 11.6. The van der Waals surface area contributed by atoms with E-state index in [0.29, 0.717) is 17.3 Å². The molecule has 0 aromatic carbocycles. The molecule has 1 rings (SSSR count). The zero-order valence-corrected chi connectivity index (χ0v) is 10.7. The quantitative estimate of drug-likeness (QED) is 0.544. The Morgan fingerprint density at radius 1 is 1.40 bits per heavy atom. The molecule has 0 unspecified atom stereocenters. The molecule has 0 radical (unpaired) electrons. The molecule has 0 heterocycles. The van der Waals surface area contributed by atoms with Crippen LogP contribution in [0.4, 0.5) is 0 Å². The minimum atomic E-state index is 0.398. The van der Waals surface area contributed by atoms with E-state index in [2.05, 4.69) is 39.8 Å². The first-order valence-electron chi connectivity index (χ1n) is 6.10. The highest BCUT2D eigenvalue weighted by Crippen LogP contribution is 2.43.